The Hall–Kier alpha value is -2.48. The van der Waals surface area contributed by atoms with Crippen molar-refractivity contribution in [1.29, 1.82) is 0 Å². The van der Waals surface area contributed by atoms with Crippen molar-refractivity contribution in [1.82, 2.24) is 19.8 Å². The van der Waals surface area contributed by atoms with Crippen molar-refractivity contribution in [2.24, 2.45) is 5.92 Å². The normalized spacial score (nSPS) is 17.8. The predicted octanol–water partition coefficient (Wildman–Crippen LogP) is 4.20. The molecule has 2 aromatic heterocycles. The minimum Gasteiger partial charge on any atom is -0.481 e. The van der Waals surface area contributed by atoms with Crippen LogP contribution in [0.25, 0.3) is 11.0 Å². The smallest absolute Gasteiger partial charge is 0.408 e. The van der Waals surface area contributed by atoms with Crippen LogP contribution in [-0.4, -0.2) is 68.8 Å². The summed E-state index contributed by atoms with van der Waals surface area (Å²) in [7, 11) is 1.53. The van der Waals surface area contributed by atoms with Crippen LogP contribution in [0.1, 0.15) is 46.6 Å². The van der Waals surface area contributed by atoms with Gasteiger partial charge in [-0.15, -0.1) is 0 Å². The SMILES string of the molecule is COc1ccc2ncc(F)c(CCN3CC[C@H](C(C)(C)N(C(=O)O)C(C)(C)C)C3)c2n1. The maximum atomic E-state index is 14.6. The summed E-state index contributed by atoms with van der Waals surface area (Å²) < 4.78 is 19.8. The van der Waals surface area contributed by atoms with Crippen molar-refractivity contribution in [3.63, 3.8) is 0 Å². The Balaban J connectivity index is 1.74. The number of likely N-dealkylation sites (tertiary alicyclic amines) is 1. The molecule has 31 heavy (non-hydrogen) atoms. The summed E-state index contributed by atoms with van der Waals surface area (Å²) in [4.78, 5) is 24.4. The van der Waals surface area contributed by atoms with Gasteiger partial charge in [-0.3, -0.25) is 9.88 Å². The monoisotopic (exact) mass is 432 g/mol. The third-order valence-corrected chi connectivity index (χ3v) is 6.34. The highest BCUT2D eigenvalue weighted by Gasteiger charge is 2.45. The topological polar surface area (TPSA) is 78.8 Å². The van der Waals surface area contributed by atoms with Gasteiger partial charge in [-0.05, 0) is 66.0 Å². The van der Waals surface area contributed by atoms with Crippen LogP contribution in [0, 0.1) is 11.7 Å². The van der Waals surface area contributed by atoms with Gasteiger partial charge >= 0.3 is 6.09 Å². The fourth-order valence-corrected chi connectivity index (χ4v) is 4.89. The molecule has 2 aromatic rings. The van der Waals surface area contributed by atoms with E-state index in [9.17, 15) is 14.3 Å². The average Bonchev–Trinajstić information content (AvgIpc) is 3.15. The first-order valence-electron chi connectivity index (χ1n) is 10.7. The number of hydrogen-bond donors (Lipinski definition) is 1. The molecule has 1 amide bonds. The van der Waals surface area contributed by atoms with Gasteiger partial charge < -0.3 is 14.7 Å². The summed E-state index contributed by atoms with van der Waals surface area (Å²) in [5.74, 6) is 0.259. The number of pyridine rings is 2. The Morgan fingerprint density at radius 2 is 2.03 bits per heavy atom. The largest absolute Gasteiger partial charge is 0.481 e. The summed E-state index contributed by atoms with van der Waals surface area (Å²) in [6, 6.07) is 3.50. The molecule has 1 aliphatic rings. The molecular formula is C23H33FN4O3. The van der Waals surface area contributed by atoms with Gasteiger partial charge in [-0.2, -0.15) is 0 Å². The van der Waals surface area contributed by atoms with E-state index in [1.807, 2.05) is 34.6 Å². The van der Waals surface area contributed by atoms with Gasteiger partial charge in [0.05, 0.1) is 24.3 Å². The highest BCUT2D eigenvalue weighted by Crippen LogP contribution is 2.36. The van der Waals surface area contributed by atoms with Crippen molar-refractivity contribution in [3.8, 4) is 5.88 Å². The Kier molecular flexibility index (Phi) is 6.41. The number of carboxylic acid groups (broad SMARTS) is 1. The number of nitrogens with zero attached hydrogens (tertiary/aromatic N) is 4. The van der Waals surface area contributed by atoms with E-state index >= 15 is 0 Å². The zero-order valence-corrected chi connectivity index (χ0v) is 19.3. The predicted molar refractivity (Wildman–Crippen MR) is 118 cm³/mol. The molecule has 1 N–H and O–H groups in total. The number of halogens is 1. The summed E-state index contributed by atoms with van der Waals surface area (Å²) in [5, 5.41) is 9.84. The van der Waals surface area contributed by atoms with Crippen molar-refractivity contribution in [2.75, 3.05) is 26.7 Å². The molecule has 1 fully saturated rings. The lowest BCUT2D eigenvalue weighted by Crippen LogP contribution is -2.60. The Labute approximate surface area is 183 Å². The van der Waals surface area contributed by atoms with Crippen molar-refractivity contribution >= 4 is 17.1 Å². The van der Waals surface area contributed by atoms with Crippen LogP contribution in [0.15, 0.2) is 18.3 Å². The number of ether oxygens (including phenoxy) is 1. The zero-order valence-electron chi connectivity index (χ0n) is 19.3. The standard InChI is InChI=1S/C23H33FN4O3/c1-22(2,3)28(21(29)30)23(4,5)15-9-11-27(14-15)12-10-16-17(24)13-25-18-7-8-19(31-6)26-20(16)18/h7-8,13,15H,9-12,14H2,1-6H3,(H,29,30)/t15-/m0/s1. The van der Waals surface area contributed by atoms with Gasteiger partial charge in [0.1, 0.15) is 5.82 Å². The van der Waals surface area contributed by atoms with Crippen LogP contribution in [0.4, 0.5) is 9.18 Å². The molecule has 0 saturated carbocycles. The maximum Gasteiger partial charge on any atom is 0.408 e. The third-order valence-electron chi connectivity index (χ3n) is 6.34. The molecule has 0 bridgehead atoms. The van der Waals surface area contributed by atoms with Crippen LogP contribution >= 0.6 is 0 Å². The first-order valence-corrected chi connectivity index (χ1v) is 10.7. The van der Waals surface area contributed by atoms with Gasteiger partial charge in [0.15, 0.2) is 0 Å². The lowest BCUT2D eigenvalue weighted by Gasteiger charge is -2.48. The number of fused-ring (bicyclic) bond motifs is 1. The Bertz CT molecular complexity index is 958. The molecule has 1 aliphatic heterocycles. The van der Waals surface area contributed by atoms with E-state index in [1.54, 1.807) is 17.0 Å². The van der Waals surface area contributed by atoms with E-state index in [0.29, 0.717) is 35.4 Å². The molecule has 3 heterocycles. The summed E-state index contributed by atoms with van der Waals surface area (Å²) in [6.07, 6.45) is 1.75. The van der Waals surface area contributed by atoms with Crippen molar-refractivity contribution in [3.05, 3.63) is 29.7 Å². The van der Waals surface area contributed by atoms with Crippen molar-refractivity contribution < 1.29 is 19.0 Å². The molecular weight excluding hydrogens is 399 g/mol. The molecule has 8 heteroatoms. The molecule has 0 radical (unpaired) electrons. The minimum absolute atomic E-state index is 0.195. The third kappa shape index (κ3) is 4.74. The van der Waals surface area contributed by atoms with Crippen LogP contribution in [-0.2, 0) is 6.42 Å². The number of rotatable bonds is 6. The molecule has 0 aliphatic carbocycles. The summed E-state index contributed by atoms with van der Waals surface area (Å²) >= 11 is 0. The quantitative estimate of drug-likeness (QED) is 0.737. The van der Waals surface area contributed by atoms with Gasteiger partial charge in [0.2, 0.25) is 5.88 Å². The van der Waals surface area contributed by atoms with E-state index in [0.717, 1.165) is 19.5 Å². The molecule has 1 atom stereocenters. The van der Waals surface area contributed by atoms with Gasteiger partial charge in [0.25, 0.3) is 0 Å². The second-order valence-corrected chi connectivity index (χ2v) is 9.78. The summed E-state index contributed by atoms with van der Waals surface area (Å²) in [6.45, 7) is 12.1. The number of aromatic nitrogens is 2. The fourth-order valence-electron chi connectivity index (χ4n) is 4.89. The minimum atomic E-state index is -0.902. The molecule has 0 unspecified atom stereocenters. The average molecular weight is 433 g/mol. The van der Waals surface area contributed by atoms with Crippen LogP contribution in [0.2, 0.25) is 0 Å². The molecule has 170 valence electrons. The molecule has 7 nitrogen and oxygen atoms in total. The van der Waals surface area contributed by atoms with Crippen molar-refractivity contribution in [2.45, 2.75) is 58.5 Å². The van der Waals surface area contributed by atoms with Crippen LogP contribution in [0.5, 0.6) is 5.88 Å². The second-order valence-electron chi connectivity index (χ2n) is 9.78. The van der Waals surface area contributed by atoms with Crippen LogP contribution in [0.3, 0.4) is 0 Å². The maximum absolute atomic E-state index is 14.6. The highest BCUT2D eigenvalue weighted by atomic mass is 19.1. The molecule has 3 rings (SSSR count). The lowest BCUT2D eigenvalue weighted by molar-refractivity contribution is 0.00440. The van der Waals surface area contributed by atoms with E-state index in [2.05, 4.69) is 14.9 Å². The summed E-state index contributed by atoms with van der Waals surface area (Å²) in [5.41, 5.74) is 0.697. The fraction of sp³-hybridized carbons (Fsp3) is 0.609. The molecule has 0 aromatic carbocycles. The van der Waals surface area contributed by atoms with E-state index in [4.69, 9.17) is 4.74 Å². The number of amides is 1. The van der Waals surface area contributed by atoms with Gasteiger partial charge in [-0.1, -0.05) is 0 Å². The Morgan fingerprint density at radius 1 is 1.32 bits per heavy atom. The lowest BCUT2D eigenvalue weighted by atomic mass is 9.82. The van der Waals surface area contributed by atoms with E-state index in [1.165, 1.54) is 13.3 Å². The molecule has 1 saturated heterocycles. The second kappa shape index (κ2) is 8.57. The van der Waals surface area contributed by atoms with Gasteiger partial charge in [0, 0.05) is 35.8 Å². The zero-order chi connectivity index (χ0) is 23.0. The van der Waals surface area contributed by atoms with E-state index < -0.39 is 17.2 Å². The molecule has 0 spiro atoms. The number of hydrogen-bond acceptors (Lipinski definition) is 5. The first-order chi connectivity index (χ1) is 14.4. The highest BCUT2D eigenvalue weighted by molar-refractivity contribution is 5.78. The number of methoxy groups -OCH3 is 1. The van der Waals surface area contributed by atoms with Gasteiger partial charge in [-0.25, -0.2) is 14.2 Å². The first kappa shape index (κ1) is 23.2. The Morgan fingerprint density at radius 3 is 2.65 bits per heavy atom. The van der Waals surface area contributed by atoms with Crippen LogP contribution < -0.4 is 4.74 Å². The van der Waals surface area contributed by atoms with E-state index in [-0.39, 0.29) is 11.7 Å². The number of carbonyl (C=O) groups is 1.